The molecule has 2 aromatic heterocycles. The minimum absolute atomic E-state index is 0.691. The molecule has 0 N–H and O–H groups in total. The maximum absolute atomic E-state index is 5.73. The second-order valence-electron chi connectivity index (χ2n) is 4.09. The fraction of sp³-hybridized carbons (Fsp3) is 0.133. The van der Waals surface area contributed by atoms with Gasteiger partial charge in [0.25, 0.3) is 0 Å². The Kier molecular flexibility index (Phi) is 3.24. The molecule has 0 spiro atoms. The van der Waals surface area contributed by atoms with Gasteiger partial charge in [-0.1, -0.05) is 18.2 Å². The third-order valence-electron chi connectivity index (χ3n) is 2.80. The summed E-state index contributed by atoms with van der Waals surface area (Å²) in [6, 6.07) is 12.2. The molecule has 0 radical (unpaired) electrons. The number of pyridine rings is 1. The molecular weight excluding hydrogens is 242 g/mol. The molecule has 3 rings (SSSR count). The van der Waals surface area contributed by atoms with Crippen LogP contribution in [0.25, 0.3) is 10.9 Å². The molecule has 3 heteroatoms. The molecule has 0 saturated heterocycles. The van der Waals surface area contributed by atoms with E-state index in [1.54, 1.807) is 17.5 Å². The Morgan fingerprint density at radius 3 is 3.00 bits per heavy atom. The second-order valence-corrected chi connectivity index (χ2v) is 4.87. The van der Waals surface area contributed by atoms with E-state index in [-0.39, 0.29) is 0 Å². The van der Waals surface area contributed by atoms with E-state index >= 15 is 0 Å². The molecule has 1 aromatic carbocycles. The Balaban J connectivity index is 1.67. The molecule has 3 aromatic rings. The van der Waals surface area contributed by atoms with Crippen LogP contribution in [0.3, 0.4) is 0 Å². The van der Waals surface area contributed by atoms with E-state index in [4.69, 9.17) is 4.74 Å². The van der Waals surface area contributed by atoms with E-state index in [1.807, 2.05) is 30.3 Å². The fourth-order valence-corrected chi connectivity index (χ4v) is 2.55. The zero-order valence-corrected chi connectivity index (χ0v) is 10.7. The lowest BCUT2D eigenvalue weighted by Crippen LogP contribution is -2.00. The molecule has 0 fully saturated rings. The average Bonchev–Trinajstić information content (AvgIpc) is 2.92. The van der Waals surface area contributed by atoms with Gasteiger partial charge in [0, 0.05) is 11.8 Å². The van der Waals surface area contributed by atoms with Crippen LogP contribution in [-0.2, 0) is 6.42 Å². The minimum Gasteiger partial charge on any atom is -0.492 e. The van der Waals surface area contributed by atoms with E-state index in [0.29, 0.717) is 6.61 Å². The highest BCUT2D eigenvalue weighted by molar-refractivity contribution is 7.07. The van der Waals surface area contributed by atoms with Crippen LogP contribution in [0.1, 0.15) is 5.56 Å². The number of rotatable bonds is 4. The van der Waals surface area contributed by atoms with Crippen LogP contribution in [0, 0.1) is 0 Å². The number of fused-ring (bicyclic) bond motifs is 1. The van der Waals surface area contributed by atoms with Crippen molar-refractivity contribution in [3.05, 3.63) is 58.9 Å². The molecule has 0 aliphatic rings. The van der Waals surface area contributed by atoms with Crippen molar-refractivity contribution >= 4 is 22.2 Å². The van der Waals surface area contributed by atoms with E-state index < -0.39 is 0 Å². The molecule has 0 amide bonds. The summed E-state index contributed by atoms with van der Waals surface area (Å²) in [7, 11) is 0. The van der Waals surface area contributed by atoms with Gasteiger partial charge in [-0.3, -0.25) is 4.98 Å². The monoisotopic (exact) mass is 255 g/mol. The third-order valence-corrected chi connectivity index (χ3v) is 3.54. The Labute approximate surface area is 110 Å². The van der Waals surface area contributed by atoms with Crippen molar-refractivity contribution in [1.29, 1.82) is 0 Å². The first kappa shape index (κ1) is 11.2. The van der Waals surface area contributed by atoms with Crippen molar-refractivity contribution in [3.8, 4) is 5.75 Å². The normalized spacial score (nSPS) is 10.7. The predicted octanol–water partition coefficient (Wildman–Crippen LogP) is 3.92. The highest BCUT2D eigenvalue weighted by Crippen LogP contribution is 2.18. The summed E-state index contributed by atoms with van der Waals surface area (Å²) in [5, 5.41) is 5.36. The lowest BCUT2D eigenvalue weighted by Gasteiger charge is -2.06. The van der Waals surface area contributed by atoms with E-state index in [0.717, 1.165) is 23.1 Å². The van der Waals surface area contributed by atoms with Crippen LogP contribution in [0.15, 0.2) is 53.4 Å². The molecule has 0 bridgehead atoms. The summed E-state index contributed by atoms with van der Waals surface area (Å²) in [5.74, 6) is 0.837. The largest absolute Gasteiger partial charge is 0.492 e. The van der Waals surface area contributed by atoms with Gasteiger partial charge in [-0.05, 0) is 34.5 Å². The number of aromatic nitrogens is 1. The van der Waals surface area contributed by atoms with Gasteiger partial charge in [0.1, 0.15) is 5.75 Å². The predicted molar refractivity (Wildman–Crippen MR) is 75.3 cm³/mol. The second kappa shape index (κ2) is 5.19. The first-order valence-corrected chi connectivity index (χ1v) is 6.85. The maximum atomic E-state index is 5.73. The summed E-state index contributed by atoms with van der Waals surface area (Å²) in [5.41, 5.74) is 2.33. The van der Waals surface area contributed by atoms with Crippen LogP contribution in [-0.4, -0.2) is 11.6 Å². The number of ether oxygens (including phenoxy) is 1. The number of hydrogen-bond donors (Lipinski definition) is 0. The zero-order chi connectivity index (χ0) is 12.2. The Bertz CT molecular complexity index is 634. The Morgan fingerprint density at radius 1 is 1.17 bits per heavy atom. The maximum Gasteiger partial charge on any atom is 0.138 e. The highest BCUT2D eigenvalue weighted by atomic mass is 32.1. The number of hydrogen-bond acceptors (Lipinski definition) is 3. The topological polar surface area (TPSA) is 22.1 Å². The lowest BCUT2D eigenvalue weighted by molar-refractivity contribution is 0.321. The zero-order valence-electron chi connectivity index (χ0n) is 9.87. The molecule has 18 heavy (non-hydrogen) atoms. The molecule has 0 saturated carbocycles. The van der Waals surface area contributed by atoms with E-state index in [9.17, 15) is 0 Å². The smallest absolute Gasteiger partial charge is 0.138 e. The Hall–Kier alpha value is -1.87. The third kappa shape index (κ3) is 2.51. The SMILES string of the molecule is c1ccc2ncc(OCCc3ccsc3)cc2c1. The van der Waals surface area contributed by atoms with Gasteiger partial charge in [0.05, 0.1) is 18.3 Å². The summed E-state index contributed by atoms with van der Waals surface area (Å²) in [6.07, 6.45) is 2.73. The van der Waals surface area contributed by atoms with Crippen LogP contribution in [0.2, 0.25) is 0 Å². The summed E-state index contributed by atoms with van der Waals surface area (Å²) < 4.78 is 5.73. The molecular formula is C15H13NOS. The van der Waals surface area contributed by atoms with Crippen LogP contribution < -0.4 is 4.74 Å². The van der Waals surface area contributed by atoms with Crippen molar-refractivity contribution in [3.63, 3.8) is 0 Å². The Morgan fingerprint density at radius 2 is 2.11 bits per heavy atom. The van der Waals surface area contributed by atoms with Gasteiger partial charge in [-0.15, -0.1) is 0 Å². The minimum atomic E-state index is 0.691. The first-order valence-electron chi connectivity index (χ1n) is 5.90. The van der Waals surface area contributed by atoms with Gasteiger partial charge in [-0.25, -0.2) is 0 Å². The van der Waals surface area contributed by atoms with Gasteiger partial charge in [0.2, 0.25) is 0 Å². The van der Waals surface area contributed by atoms with Crippen LogP contribution in [0.5, 0.6) is 5.75 Å². The number of benzene rings is 1. The number of nitrogens with zero attached hydrogens (tertiary/aromatic N) is 1. The number of thiophene rings is 1. The number of para-hydroxylation sites is 1. The van der Waals surface area contributed by atoms with Crippen molar-refractivity contribution < 1.29 is 4.74 Å². The summed E-state index contributed by atoms with van der Waals surface area (Å²) >= 11 is 1.72. The van der Waals surface area contributed by atoms with Gasteiger partial charge in [0.15, 0.2) is 0 Å². The average molecular weight is 255 g/mol. The van der Waals surface area contributed by atoms with Gasteiger partial charge >= 0.3 is 0 Å². The molecule has 0 aliphatic carbocycles. The standard InChI is InChI=1S/C15H13NOS/c1-2-4-15-13(3-1)9-14(10-16-15)17-7-5-12-6-8-18-11-12/h1-4,6,8-11H,5,7H2. The summed E-state index contributed by atoms with van der Waals surface area (Å²) in [6.45, 7) is 0.691. The van der Waals surface area contributed by atoms with Crippen molar-refractivity contribution in [1.82, 2.24) is 4.98 Å². The molecule has 2 heterocycles. The van der Waals surface area contributed by atoms with Gasteiger partial charge in [-0.2, -0.15) is 11.3 Å². The highest BCUT2D eigenvalue weighted by Gasteiger charge is 1.99. The first-order chi connectivity index (χ1) is 8.92. The van der Waals surface area contributed by atoms with Gasteiger partial charge < -0.3 is 4.74 Å². The molecule has 0 unspecified atom stereocenters. The van der Waals surface area contributed by atoms with Crippen LogP contribution >= 0.6 is 11.3 Å². The molecule has 2 nitrogen and oxygen atoms in total. The van der Waals surface area contributed by atoms with Crippen molar-refractivity contribution in [2.45, 2.75) is 6.42 Å². The molecule has 0 aliphatic heterocycles. The molecule has 90 valence electrons. The fourth-order valence-electron chi connectivity index (χ4n) is 1.85. The quantitative estimate of drug-likeness (QED) is 0.705. The lowest BCUT2D eigenvalue weighted by atomic mass is 10.2. The molecule has 0 atom stereocenters. The van der Waals surface area contributed by atoms with Crippen LogP contribution in [0.4, 0.5) is 0 Å². The van der Waals surface area contributed by atoms with E-state index in [1.165, 1.54) is 5.56 Å². The van der Waals surface area contributed by atoms with Crippen molar-refractivity contribution in [2.24, 2.45) is 0 Å². The van der Waals surface area contributed by atoms with Crippen molar-refractivity contribution in [2.75, 3.05) is 6.61 Å². The summed E-state index contributed by atoms with van der Waals surface area (Å²) in [4.78, 5) is 4.37. The van der Waals surface area contributed by atoms with E-state index in [2.05, 4.69) is 21.8 Å².